The van der Waals surface area contributed by atoms with Crippen LogP contribution < -0.4 is 0 Å². The zero-order valence-corrected chi connectivity index (χ0v) is 13.6. The Bertz CT molecular complexity index is 1140. The lowest BCUT2D eigenvalue weighted by Crippen LogP contribution is -1.93. The molecule has 0 aliphatic rings. The van der Waals surface area contributed by atoms with E-state index < -0.39 is 0 Å². The monoisotopic (exact) mass is 326 g/mol. The summed E-state index contributed by atoms with van der Waals surface area (Å²) >= 11 is 0. The fourth-order valence-electron chi connectivity index (χ4n) is 2.87. The molecule has 6 heteroatoms. The van der Waals surface area contributed by atoms with Crippen molar-refractivity contribution in [1.82, 2.24) is 24.6 Å². The number of aromatic nitrogens is 5. The van der Waals surface area contributed by atoms with Crippen molar-refractivity contribution in [1.29, 1.82) is 5.26 Å². The Hall–Kier alpha value is -3.72. The molecule has 1 N–H and O–H groups in total. The number of aromatic amines is 1. The first kappa shape index (κ1) is 14.8. The Morgan fingerprint density at radius 3 is 2.92 bits per heavy atom. The van der Waals surface area contributed by atoms with Gasteiger partial charge in [0.1, 0.15) is 23.1 Å². The van der Waals surface area contributed by atoms with Gasteiger partial charge in [0.05, 0.1) is 17.6 Å². The van der Waals surface area contributed by atoms with Crippen LogP contribution in [-0.4, -0.2) is 24.6 Å². The molecule has 0 aromatic carbocycles. The highest BCUT2D eigenvalue weighted by Crippen LogP contribution is 2.33. The minimum absolute atomic E-state index is 0.482. The molecular weight excluding hydrogens is 312 g/mol. The second kappa shape index (κ2) is 5.73. The SMILES string of the molecule is C=Cc1[nH]nc(-c2cccc(C)n2)c1-c1ccc2ncc(C#N)n2c1. The van der Waals surface area contributed by atoms with Gasteiger partial charge in [-0.2, -0.15) is 10.4 Å². The lowest BCUT2D eigenvalue weighted by Gasteiger charge is -2.06. The van der Waals surface area contributed by atoms with Crippen molar-refractivity contribution in [3.63, 3.8) is 0 Å². The summed E-state index contributed by atoms with van der Waals surface area (Å²) in [7, 11) is 0. The summed E-state index contributed by atoms with van der Waals surface area (Å²) in [6, 6.07) is 11.8. The van der Waals surface area contributed by atoms with E-state index >= 15 is 0 Å². The van der Waals surface area contributed by atoms with E-state index in [0.29, 0.717) is 5.69 Å². The van der Waals surface area contributed by atoms with Gasteiger partial charge in [-0.3, -0.25) is 14.5 Å². The first-order valence-corrected chi connectivity index (χ1v) is 7.73. The number of pyridine rings is 2. The predicted molar refractivity (Wildman–Crippen MR) is 95.5 cm³/mol. The molecule has 0 aliphatic heterocycles. The molecule has 4 rings (SSSR count). The first-order chi connectivity index (χ1) is 12.2. The first-order valence-electron chi connectivity index (χ1n) is 7.73. The van der Waals surface area contributed by atoms with Crippen LogP contribution in [0.1, 0.15) is 17.1 Å². The van der Waals surface area contributed by atoms with Gasteiger partial charge in [-0.15, -0.1) is 0 Å². The van der Waals surface area contributed by atoms with Crippen LogP contribution in [0.15, 0.2) is 49.3 Å². The third-order valence-electron chi connectivity index (χ3n) is 4.04. The van der Waals surface area contributed by atoms with E-state index in [2.05, 4.69) is 32.8 Å². The summed E-state index contributed by atoms with van der Waals surface area (Å²) in [5.74, 6) is 0. The molecule has 6 nitrogen and oxygen atoms in total. The zero-order chi connectivity index (χ0) is 17.4. The van der Waals surface area contributed by atoms with Gasteiger partial charge in [0, 0.05) is 23.0 Å². The van der Waals surface area contributed by atoms with Gasteiger partial charge < -0.3 is 0 Å². The van der Waals surface area contributed by atoms with Crippen LogP contribution in [0.5, 0.6) is 0 Å². The maximum atomic E-state index is 9.25. The number of hydrogen-bond donors (Lipinski definition) is 1. The van der Waals surface area contributed by atoms with Gasteiger partial charge in [-0.05, 0) is 37.3 Å². The maximum absolute atomic E-state index is 9.25. The lowest BCUT2D eigenvalue weighted by atomic mass is 10.0. The van der Waals surface area contributed by atoms with Crippen LogP contribution in [0.4, 0.5) is 0 Å². The van der Waals surface area contributed by atoms with Crippen molar-refractivity contribution in [2.75, 3.05) is 0 Å². The van der Waals surface area contributed by atoms with Crippen molar-refractivity contribution in [3.05, 3.63) is 66.4 Å². The van der Waals surface area contributed by atoms with Crippen molar-refractivity contribution in [2.45, 2.75) is 6.92 Å². The topological polar surface area (TPSA) is 82.7 Å². The molecule has 0 saturated heterocycles. The minimum atomic E-state index is 0.482. The van der Waals surface area contributed by atoms with Gasteiger partial charge in [0.25, 0.3) is 0 Å². The van der Waals surface area contributed by atoms with Crippen LogP contribution in [0, 0.1) is 18.3 Å². The van der Waals surface area contributed by atoms with Crippen molar-refractivity contribution in [2.24, 2.45) is 0 Å². The molecule has 120 valence electrons. The van der Waals surface area contributed by atoms with E-state index in [1.54, 1.807) is 16.7 Å². The fraction of sp³-hybridized carbons (Fsp3) is 0.0526. The third kappa shape index (κ3) is 2.39. The normalized spacial score (nSPS) is 10.7. The molecule has 0 amide bonds. The quantitative estimate of drug-likeness (QED) is 0.623. The van der Waals surface area contributed by atoms with Gasteiger partial charge in [0.15, 0.2) is 0 Å². The zero-order valence-electron chi connectivity index (χ0n) is 13.6. The molecule has 4 heterocycles. The van der Waals surface area contributed by atoms with Crippen LogP contribution >= 0.6 is 0 Å². The number of nitriles is 1. The van der Waals surface area contributed by atoms with Crippen molar-refractivity contribution < 1.29 is 0 Å². The molecule has 0 bridgehead atoms. The number of nitrogens with one attached hydrogen (secondary N) is 1. The number of fused-ring (bicyclic) bond motifs is 1. The molecule has 0 radical (unpaired) electrons. The van der Waals surface area contributed by atoms with E-state index in [0.717, 1.165) is 39.5 Å². The number of imidazole rings is 1. The number of rotatable bonds is 3. The molecule has 0 saturated carbocycles. The molecule has 0 unspecified atom stereocenters. The largest absolute Gasteiger partial charge is 0.291 e. The number of aryl methyl sites for hydroxylation is 1. The molecular formula is C19H14N6. The second-order valence-corrected chi connectivity index (χ2v) is 5.63. The highest BCUT2D eigenvalue weighted by atomic mass is 15.1. The van der Waals surface area contributed by atoms with Crippen molar-refractivity contribution >= 4 is 11.7 Å². The molecule has 25 heavy (non-hydrogen) atoms. The summed E-state index contributed by atoms with van der Waals surface area (Å²) in [5, 5.41) is 16.7. The van der Waals surface area contributed by atoms with E-state index in [-0.39, 0.29) is 0 Å². The molecule has 0 spiro atoms. The molecule has 0 fully saturated rings. The summed E-state index contributed by atoms with van der Waals surface area (Å²) in [4.78, 5) is 8.81. The lowest BCUT2D eigenvalue weighted by molar-refractivity contribution is 1.07. The van der Waals surface area contributed by atoms with E-state index in [4.69, 9.17) is 0 Å². The van der Waals surface area contributed by atoms with Gasteiger partial charge >= 0.3 is 0 Å². The van der Waals surface area contributed by atoms with Gasteiger partial charge in [-0.25, -0.2) is 4.98 Å². The standard InChI is InChI=1S/C19H14N6/c1-3-15-18(19(24-23-15)16-6-4-5-12(2)22-16)13-7-8-17-21-10-14(9-20)25(17)11-13/h3-8,10-11H,1H2,2H3,(H,23,24). The third-order valence-corrected chi connectivity index (χ3v) is 4.04. The predicted octanol–water partition coefficient (Wildman–Crippen LogP) is 3.61. The number of nitrogens with zero attached hydrogens (tertiary/aromatic N) is 5. The highest BCUT2D eigenvalue weighted by Gasteiger charge is 2.17. The van der Waals surface area contributed by atoms with Crippen LogP contribution in [-0.2, 0) is 0 Å². The average Bonchev–Trinajstić information content (AvgIpc) is 3.24. The van der Waals surface area contributed by atoms with E-state index in [1.807, 2.05) is 43.5 Å². The molecule has 4 aromatic rings. The Kier molecular flexibility index (Phi) is 3.40. The van der Waals surface area contributed by atoms with Gasteiger partial charge in [0.2, 0.25) is 0 Å². The Morgan fingerprint density at radius 2 is 2.16 bits per heavy atom. The van der Waals surface area contributed by atoms with Crippen LogP contribution in [0.2, 0.25) is 0 Å². The number of H-pyrrole nitrogens is 1. The maximum Gasteiger partial charge on any atom is 0.144 e. The van der Waals surface area contributed by atoms with Crippen LogP contribution in [0.25, 0.3) is 34.2 Å². The minimum Gasteiger partial charge on any atom is -0.291 e. The smallest absolute Gasteiger partial charge is 0.144 e. The molecule has 0 atom stereocenters. The summed E-state index contributed by atoms with van der Waals surface area (Å²) < 4.78 is 1.77. The van der Waals surface area contributed by atoms with Crippen molar-refractivity contribution in [3.8, 4) is 28.6 Å². The van der Waals surface area contributed by atoms with E-state index in [1.165, 1.54) is 0 Å². The fourth-order valence-corrected chi connectivity index (χ4v) is 2.87. The number of hydrogen-bond acceptors (Lipinski definition) is 4. The Morgan fingerprint density at radius 1 is 1.28 bits per heavy atom. The van der Waals surface area contributed by atoms with Crippen LogP contribution in [0.3, 0.4) is 0 Å². The second-order valence-electron chi connectivity index (χ2n) is 5.63. The molecule has 0 aliphatic carbocycles. The Balaban J connectivity index is 1.97. The highest BCUT2D eigenvalue weighted by molar-refractivity contribution is 5.85. The average molecular weight is 326 g/mol. The molecule has 4 aromatic heterocycles. The summed E-state index contributed by atoms with van der Waals surface area (Å²) in [6.45, 7) is 5.81. The Labute approximate surface area is 144 Å². The summed E-state index contributed by atoms with van der Waals surface area (Å²) in [5.41, 5.74) is 6.26. The van der Waals surface area contributed by atoms with Gasteiger partial charge in [-0.1, -0.05) is 12.6 Å². The van der Waals surface area contributed by atoms with E-state index in [9.17, 15) is 5.26 Å². The summed E-state index contributed by atoms with van der Waals surface area (Å²) in [6.07, 6.45) is 5.18.